The van der Waals surface area contributed by atoms with Crippen LogP contribution in [0.15, 0.2) is 159 Å². The lowest BCUT2D eigenvalue weighted by molar-refractivity contribution is 1.21. The fourth-order valence-corrected chi connectivity index (χ4v) is 7.54. The first-order valence-electron chi connectivity index (χ1n) is 17.1. The monoisotopic (exact) mass is 640 g/mol. The van der Waals surface area contributed by atoms with Gasteiger partial charge in [0, 0.05) is 53.5 Å². The van der Waals surface area contributed by atoms with Crippen molar-refractivity contribution in [3.8, 4) is 44.6 Å². The zero-order valence-corrected chi connectivity index (χ0v) is 27.8. The Morgan fingerprint density at radius 1 is 0.360 bits per heavy atom. The molecule has 0 N–H and O–H groups in total. The Kier molecular flexibility index (Phi) is 7.21. The van der Waals surface area contributed by atoms with E-state index in [1.54, 1.807) is 12.4 Å². The zero-order chi connectivity index (χ0) is 33.6. The van der Waals surface area contributed by atoms with Gasteiger partial charge in [-0.2, -0.15) is 0 Å². The molecule has 0 bridgehead atoms. The third-order valence-corrected chi connectivity index (χ3v) is 9.74. The maximum Gasteiger partial charge on any atom is 0.0891 e. The molecule has 236 valence electrons. The van der Waals surface area contributed by atoms with Gasteiger partial charge in [0.25, 0.3) is 0 Å². The molecule has 50 heavy (non-hydrogen) atoms. The van der Waals surface area contributed by atoms with Crippen LogP contribution < -0.4 is 0 Å². The predicted octanol–water partition coefficient (Wildman–Crippen LogP) is 12.2. The van der Waals surface area contributed by atoms with E-state index in [1.165, 1.54) is 48.7 Å². The maximum absolute atomic E-state index is 4.65. The topological polar surface area (TPSA) is 51.6 Å². The molecule has 0 fully saturated rings. The second kappa shape index (κ2) is 12.2. The first-order chi connectivity index (χ1) is 24.8. The van der Waals surface area contributed by atoms with E-state index in [2.05, 4.69) is 135 Å². The van der Waals surface area contributed by atoms with Gasteiger partial charge in [0.1, 0.15) is 0 Å². The van der Waals surface area contributed by atoms with Gasteiger partial charge in [-0.3, -0.25) is 19.9 Å². The molecule has 0 aliphatic heterocycles. The summed E-state index contributed by atoms with van der Waals surface area (Å²) in [5, 5.41) is 12.0. The molecular formula is C46H32N4. The Hall–Kier alpha value is -6.52. The van der Waals surface area contributed by atoms with E-state index in [0.717, 1.165) is 49.8 Å². The molecule has 10 aromatic rings. The van der Waals surface area contributed by atoms with Gasteiger partial charge < -0.3 is 0 Å². The summed E-state index contributed by atoms with van der Waals surface area (Å²) >= 11 is 0. The highest BCUT2D eigenvalue weighted by molar-refractivity contribution is 6.27. The van der Waals surface area contributed by atoms with Crippen LogP contribution in [0, 0.1) is 0 Å². The molecule has 3 heterocycles. The molecule has 0 radical (unpaired) electrons. The van der Waals surface area contributed by atoms with Gasteiger partial charge in [-0.25, -0.2) is 0 Å². The average Bonchev–Trinajstić information content (AvgIpc) is 3.20. The average molecular weight is 641 g/mol. The summed E-state index contributed by atoms with van der Waals surface area (Å²) in [6.07, 6.45) is 13.0. The fraction of sp³-hybridized carbons (Fsp3) is 0.0435. The van der Waals surface area contributed by atoms with Crippen LogP contribution in [-0.2, 0) is 0 Å². The minimum atomic E-state index is 0.877. The van der Waals surface area contributed by atoms with E-state index >= 15 is 0 Å². The number of rotatable bonds is 4. The van der Waals surface area contributed by atoms with Crippen molar-refractivity contribution in [2.75, 3.05) is 0 Å². The van der Waals surface area contributed by atoms with Crippen LogP contribution in [0.1, 0.15) is 13.8 Å². The number of aromatic nitrogens is 4. The molecular weight excluding hydrogens is 609 g/mol. The van der Waals surface area contributed by atoms with Gasteiger partial charge in [-0.1, -0.05) is 98.8 Å². The lowest BCUT2D eigenvalue weighted by atomic mass is 9.86. The first kappa shape index (κ1) is 29.6. The van der Waals surface area contributed by atoms with Crippen LogP contribution in [0.2, 0.25) is 0 Å². The highest BCUT2D eigenvalue weighted by Gasteiger charge is 2.17. The molecule has 0 aliphatic carbocycles. The minimum Gasteiger partial charge on any atom is -0.264 e. The summed E-state index contributed by atoms with van der Waals surface area (Å²) in [4.78, 5) is 18.0. The van der Waals surface area contributed by atoms with Crippen molar-refractivity contribution in [3.63, 3.8) is 0 Å². The smallest absolute Gasteiger partial charge is 0.0891 e. The molecule has 0 unspecified atom stereocenters. The Bertz CT molecular complexity index is 2730. The van der Waals surface area contributed by atoms with Gasteiger partial charge in [0.15, 0.2) is 0 Å². The van der Waals surface area contributed by atoms with Gasteiger partial charge in [0.05, 0.1) is 11.9 Å². The summed E-state index contributed by atoms with van der Waals surface area (Å²) in [6, 6.07) is 42.1. The van der Waals surface area contributed by atoms with Crippen molar-refractivity contribution in [3.05, 3.63) is 159 Å². The summed E-state index contributed by atoms with van der Waals surface area (Å²) < 4.78 is 0. The molecule has 0 amide bonds. The van der Waals surface area contributed by atoms with E-state index in [-0.39, 0.29) is 0 Å². The number of fused-ring (bicyclic) bond motifs is 2. The molecule has 0 spiro atoms. The largest absolute Gasteiger partial charge is 0.264 e. The number of hydrogen-bond acceptors (Lipinski definition) is 4. The van der Waals surface area contributed by atoms with Crippen molar-refractivity contribution in [2.24, 2.45) is 0 Å². The lowest BCUT2D eigenvalue weighted by Gasteiger charge is -2.18. The molecule has 3 aromatic heterocycles. The molecule has 10 rings (SSSR count). The molecule has 0 saturated heterocycles. The summed E-state index contributed by atoms with van der Waals surface area (Å²) in [5.41, 5.74) is 8.95. The fourth-order valence-electron chi connectivity index (χ4n) is 7.54. The van der Waals surface area contributed by atoms with Crippen LogP contribution in [0.3, 0.4) is 0 Å². The Morgan fingerprint density at radius 2 is 0.840 bits per heavy atom. The predicted molar refractivity (Wildman–Crippen MR) is 209 cm³/mol. The molecule has 4 heteroatoms. The third kappa shape index (κ3) is 4.76. The Labute approximate surface area is 290 Å². The number of nitrogens with zero attached hydrogens (tertiary/aromatic N) is 4. The molecule has 0 saturated carbocycles. The van der Waals surface area contributed by atoms with Crippen LogP contribution in [0.5, 0.6) is 0 Å². The number of pyridine rings is 2. The van der Waals surface area contributed by atoms with Crippen molar-refractivity contribution < 1.29 is 0 Å². The lowest BCUT2D eigenvalue weighted by Crippen LogP contribution is -1.92. The second-order valence-electron chi connectivity index (χ2n) is 12.3. The third-order valence-electron chi connectivity index (χ3n) is 9.74. The van der Waals surface area contributed by atoms with Crippen molar-refractivity contribution in [1.82, 2.24) is 19.9 Å². The van der Waals surface area contributed by atoms with Crippen molar-refractivity contribution >= 4 is 53.9 Å². The molecule has 4 nitrogen and oxygen atoms in total. The van der Waals surface area contributed by atoms with Gasteiger partial charge in [0.2, 0.25) is 0 Å². The summed E-state index contributed by atoms with van der Waals surface area (Å²) in [5.74, 6) is 0. The van der Waals surface area contributed by atoms with E-state index < -0.39 is 0 Å². The SMILES string of the molecule is CC.c1cc(-c2cc(-c3cccc4ccncc34)cc(-c3ccc4ccc5c(-c6cnccn6)ccc6ccc3c4c65)c2)c2cnccc2c1. The highest BCUT2D eigenvalue weighted by atomic mass is 14.8. The highest BCUT2D eigenvalue weighted by Crippen LogP contribution is 2.44. The van der Waals surface area contributed by atoms with Crippen LogP contribution in [0.25, 0.3) is 98.5 Å². The standard InChI is InChI=1S/C44H26N4.C2H6/c1-3-27-15-17-45-24-40(27)34(5-1)31-21-32(35-6-2-4-28-16-18-46-25-41(28)35)23-33(22-31)36-11-7-29-10-14-39-37(42-26-47-19-20-48-42)12-8-30-9-13-38(36)43(29)44(30)39;1-2/h1-26H;1-2H3. The Morgan fingerprint density at radius 3 is 1.38 bits per heavy atom. The minimum absolute atomic E-state index is 0.877. The first-order valence-corrected chi connectivity index (χ1v) is 17.1. The normalized spacial score (nSPS) is 11.4. The van der Waals surface area contributed by atoms with E-state index in [4.69, 9.17) is 0 Å². The summed E-state index contributed by atoms with van der Waals surface area (Å²) in [6.45, 7) is 4.00. The summed E-state index contributed by atoms with van der Waals surface area (Å²) in [7, 11) is 0. The van der Waals surface area contributed by atoms with Gasteiger partial charge >= 0.3 is 0 Å². The van der Waals surface area contributed by atoms with Crippen LogP contribution in [0.4, 0.5) is 0 Å². The van der Waals surface area contributed by atoms with Crippen LogP contribution >= 0.6 is 0 Å². The van der Waals surface area contributed by atoms with Gasteiger partial charge in [-0.15, -0.1) is 0 Å². The van der Waals surface area contributed by atoms with E-state index in [1.807, 2.05) is 44.8 Å². The molecule has 0 atom stereocenters. The second-order valence-corrected chi connectivity index (χ2v) is 12.3. The van der Waals surface area contributed by atoms with E-state index in [9.17, 15) is 0 Å². The number of hydrogen-bond donors (Lipinski definition) is 0. The molecule has 0 aliphatic rings. The van der Waals surface area contributed by atoms with Crippen molar-refractivity contribution in [1.29, 1.82) is 0 Å². The quantitative estimate of drug-likeness (QED) is 0.180. The number of benzene rings is 7. The zero-order valence-electron chi connectivity index (χ0n) is 27.8. The molecule has 7 aromatic carbocycles. The van der Waals surface area contributed by atoms with E-state index in [0.29, 0.717) is 0 Å². The maximum atomic E-state index is 4.65. The Balaban J connectivity index is 0.00000165. The van der Waals surface area contributed by atoms with Gasteiger partial charge in [-0.05, 0) is 107 Å². The van der Waals surface area contributed by atoms with Crippen LogP contribution in [-0.4, -0.2) is 19.9 Å². The van der Waals surface area contributed by atoms with Crippen molar-refractivity contribution in [2.45, 2.75) is 13.8 Å².